The van der Waals surface area contributed by atoms with Crippen LogP contribution in [0.25, 0.3) is 28.2 Å². The molecule has 14 heteroatoms. The molecule has 4 aromatic heterocycles. The highest BCUT2D eigenvalue weighted by atomic mass is 35.5. The third-order valence-corrected chi connectivity index (χ3v) is 7.80. The summed E-state index contributed by atoms with van der Waals surface area (Å²) in [6.45, 7) is 1.89. The van der Waals surface area contributed by atoms with Crippen LogP contribution in [0.2, 0.25) is 10.2 Å². The number of halogens is 3. The van der Waals surface area contributed by atoms with E-state index in [0.717, 1.165) is 18.4 Å². The number of nitrogens with one attached hydrogen (secondary N) is 2. The van der Waals surface area contributed by atoms with Crippen LogP contribution in [0.15, 0.2) is 60.0 Å². The van der Waals surface area contributed by atoms with E-state index < -0.39 is 17.4 Å². The van der Waals surface area contributed by atoms with Crippen LogP contribution in [-0.2, 0) is 4.79 Å². The molecule has 1 aliphatic heterocycles. The summed E-state index contributed by atoms with van der Waals surface area (Å²) in [5.74, 6) is -1.05. The van der Waals surface area contributed by atoms with Gasteiger partial charge in [-0.3, -0.25) is 24.2 Å². The molecule has 0 radical (unpaired) electrons. The Kier molecular flexibility index (Phi) is 7.56. The number of amides is 1. The number of hydrogen-bond donors (Lipinski definition) is 2. The second kappa shape index (κ2) is 11.5. The van der Waals surface area contributed by atoms with Gasteiger partial charge in [0.1, 0.15) is 0 Å². The quantitative estimate of drug-likeness (QED) is 0.278. The lowest BCUT2D eigenvalue weighted by molar-refractivity contribution is -0.119. The zero-order chi connectivity index (χ0) is 29.4. The standard InChI is InChI=1S/C28H24Cl2FN9O2/c1-15-4-2-3-5-21(18-10-16(8-9-32-18)27-20(12-34-37-27)35-28(15)42)39-14-33-19(11-24(39)41)25-22(7-6-17(29)26(25)31)40-13-23(30)36-38-40/h6-15,21H,2-5H2,1H3,(H,34,37)(H,35,42)/t15-,21+/m1/s1. The first-order valence-corrected chi connectivity index (χ1v) is 14.0. The molecule has 0 saturated heterocycles. The highest BCUT2D eigenvalue weighted by Crippen LogP contribution is 2.34. The van der Waals surface area contributed by atoms with Gasteiger partial charge in [0.05, 0.1) is 63.8 Å². The van der Waals surface area contributed by atoms with Crippen LogP contribution in [-0.4, -0.2) is 45.6 Å². The van der Waals surface area contributed by atoms with Crippen molar-refractivity contribution in [3.63, 3.8) is 0 Å². The average Bonchev–Trinajstić information content (AvgIpc) is 3.63. The first-order valence-electron chi connectivity index (χ1n) is 13.3. The maximum Gasteiger partial charge on any atom is 0.254 e. The molecule has 0 aliphatic carbocycles. The molecule has 5 heterocycles. The molecule has 1 amide bonds. The summed E-state index contributed by atoms with van der Waals surface area (Å²) in [6.07, 6.45) is 8.76. The summed E-state index contributed by atoms with van der Waals surface area (Å²) < 4.78 is 18.2. The van der Waals surface area contributed by atoms with Crippen LogP contribution in [0, 0.1) is 11.7 Å². The van der Waals surface area contributed by atoms with Crippen molar-refractivity contribution in [3.8, 4) is 28.2 Å². The lowest BCUT2D eigenvalue weighted by Crippen LogP contribution is -2.26. The Morgan fingerprint density at radius 2 is 1.90 bits per heavy atom. The summed E-state index contributed by atoms with van der Waals surface area (Å²) in [6, 6.07) is 7.39. The lowest BCUT2D eigenvalue weighted by atomic mass is 9.99. The molecule has 42 heavy (non-hydrogen) atoms. The highest BCUT2D eigenvalue weighted by molar-refractivity contribution is 6.31. The molecule has 0 fully saturated rings. The van der Waals surface area contributed by atoms with Gasteiger partial charge in [-0.2, -0.15) is 5.10 Å². The Bertz CT molecular complexity index is 1850. The van der Waals surface area contributed by atoms with E-state index in [-0.39, 0.29) is 38.9 Å². The predicted molar refractivity (Wildman–Crippen MR) is 155 cm³/mol. The number of rotatable bonds is 3. The molecule has 2 bridgehead atoms. The number of hydrogen-bond acceptors (Lipinski definition) is 7. The Hall–Kier alpha value is -4.42. The van der Waals surface area contributed by atoms with Crippen LogP contribution < -0.4 is 10.9 Å². The topological polar surface area (TPSA) is 136 Å². The van der Waals surface area contributed by atoms with Gasteiger partial charge in [-0.1, -0.05) is 48.2 Å². The SMILES string of the molecule is C[C@@H]1CCCC[C@H](n2cnc(-c3c(-n4cc(Cl)nn4)ccc(Cl)c3F)cc2=O)c2cc(ccn2)-c2[nH]ncc2NC1=O. The Balaban J connectivity index is 1.43. The summed E-state index contributed by atoms with van der Waals surface area (Å²) >= 11 is 12.0. The number of benzene rings is 1. The minimum atomic E-state index is -0.755. The molecule has 0 spiro atoms. The number of fused-ring (bicyclic) bond motifs is 4. The van der Waals surface area contributed by atoms with Gasteiger partial charge in [-0.25, -0.2) is 14.1 Å². The number of pyridine rings is 1. The van der Waals surface area contributed by atoms with E-state index in [0.29, 0.717) is 29.9 Å². The molecule has 11 nitrogen and oxygen atoms in total. The fourth-order valence-electron chi connectivity index (χ4n) is 5.11. The second-order valence-corrected chi connectivity index (χ2v) is 10.9. The fourth-order valence-corrected chi connectivity index (χ4v) is 5.39. The third kappa shape index (κ3) is 5.30. The number of carbonyl (C=O) groups excluding carboxylic acids is 1. The molecular weight excluding hydrogens is 584 g/mol. The summed E-state index contributed by atoms with van der Waals surface area (Å²) in [5, 5.41) is 17.7. The zero-order valence-electron chi connectivity index (χ0n) is 22.3. The van der Waals surface area contributed by atoms with E-state index in [1.807, 2.05) is 13.0 Å². The van der Waals surface area contributed by atoms with Crippen molar-refractivity contribution in [2.75, 3.05) is 5.32 Å². The Morgan fingerprint density at radius 1 is 1.07 bits per heavy atom. The zero-order valence-corrected chi connectivity index (χ0v) is 23.8. The molecule has 0 unspecified atom stereocenters. The van der Waals surface area contributed by atoms with E-state index in [2.05, 4.69) is 35.8 Å². The number of aromatic nitrogens is 8. The first kappa shape index (κ1) is 27.7. The second-order valence-electron chi connectivity index (χ2n) is 10.1. The van der Waals surface area contributed by atoms with Crippen molar-refractivity contribution in [2.24, 2.45) is 5.92 Å². The maximum atomic E-state index is 15.4. The van der Waals surface area contributed by atoms with Crippen molar-refractivity contribution in [2.45, 2.75) is 38.6 Å². The monoisotopic (exact) mass is 607 g/mol. The molecule has 0 saturated carbocycles. The van der Waals surface area contributed by atoms with Gasteiger partial charge in [-0.15, -0.1) is 5.10 Å². The molecule has 2 atom stereocenters. The van der Waals surface area contributed by atoms with Crippen molar-refractivity contribution in [1.82, 2.24) is 39.7 Å². The van der Waals surface area contributed by atoms with Crippen molar-refractivity contribution >= 4 is 34.8 Å². The fraction of sp³-hybridized carbons (Fsp3) is 0.250. The van der Waals surface area contributed by atoms with Gasteiger partial charge in [0.15, 0.2) is 11.0 Å². The van der Waals surface area contributed by atoms with Gasteiger partial charge >= 0.3 is 0 Å². The van der Waals surface area contributed by atoms with Gasteiger partial charge in [0.2, 0.25) is 5.91 Å². The van der Waals surface area contributed by atoms with Crippen LogP contribution in [0.4, 0.5) is 10.1 Å². The Labute approximate surface area is 248 Å². The molecular formula is C28H24Cl2FN9O2. The van der Waals surface area contributed by atoms with Crippen LogP contribution in [0.5, 0.6) is 0 Å². The third-order valence-electron chi connectivity index (χ3n) is 7.33. The predicted octanol–water partition coefficient (Wildman–Crippen LogP) is 5.46. The smallest absolute Gasteiger partial charge is 0.254 e. The number of H-pyrrole nitrogens is 1. The molecule has 1 aliphatic rings. The summed E-state index contributed by atoms with van der Waals surface area (Å²) in [5.41, 5.74) is 2.51. The lowest BCUT2D eigenvalue weighted by Gasteiger charge is -2.20. The molecule has 1 aromatic carbocycles. The average molecular weight is 608 g/mol. The number of carbonyl (C=O) groups is 1. The molecule has 214 valence electrons. The van der Waals surface area contributed by atoms with Crippen LogP contribution >= 0.6 is 23.2 Å². The van der Waals surface area contributed by atoms with Crippen LogP contribution in [0.1, 0.15) is 44.3 Å². The van der Waals surface area contributed by atoms with E-state index >= 15 is 4.39 Å². The molecule has 5 aromatic rings. The van der Waals surface area contributed by atoms with E-state index in [9.17, 15) is 9.59 Å². The minimum Gasteiger partial charge on any atom is -0.323 e. The Morgan fingerprint density at radius 3 is 2.69 bits per heavy atom. The van der Waals surface area contributed by atoms with Crippen molar-refractivity contribution in [3.05, 3.63) is 87.3 Å². The largest absolute Gasteiger partial charge is 0.323 e. The number of anilines is 1. The van der Waals surface area contributed by atoms with E-state index in [1.54, 1.807) is 24.5 Å². The van der Waals surface area contributed by atoms with Crippen molar-refractivity contribution in [1.29, 1.82) is 0 Å². The van der Waals surface area contributed by atoms with Crippen molar-refractivity contribution < 1.29 is 9.18 Å². The van der Waals surface area contributed by atoms with E-state index in [4.69, 9.17) is 23.2 Å². The van der Waals surface area contributed by atoms with Gasteiger partial charge in [0, 0.05) is 23.7 Å². The summed E-state index contributed by atoms with van der Waals surface area (Å²) in [4.78, 5) is 35.5. The minimum absolute atomic E-state index is 0.0127. The summed E-state index contributed by atoms with van der Waals surface area (Å²) in [7, 11) is 0. The number of nitrogens with zero attached hydrogens (tertiary/aromatic N) is 7. The highest BCUT2D eigenvalue weighted by Gasteiger charge is 2.24. The van der Waals surface area contributed by atoms with Crippen LogP contribution in [0.3, 0.4) is 0 Å². The molecule has 2 N–H and O–H groups in total. The molecule has 6 rings (SSSR count). The normalized spacial score (nSPS) is 17.5. The first-order chi connectivity index (χ1) is 20.3. The van der Waals surface area contributed by atoms with Gasteiger partial charge in [-0.05, 0) is 37.1 Å². The number of aromatic amines is 1. The maximum absolute atomic E-state index is 15.4. The van der Waals surface area contributed by atoms with Gasteiger partial charge < -0.3 is 5.32 Å². The van der Waals surface area contributed by atoms with E-state index in [1.165, 1.54) is 33.9 Å². The van der Waals surface area contributed by atoms with Gasteiger partial charge in [0.25, 0.3) is 5.56 Å².